The highest BCUT2D eigenvalue weighted by atomic mass is 127. The largest absolute Gasteiger partial charge is 0.200 e. The van der Waals surface area contributed by atoms with Crippen molar-refractivity contribution in [2.45, 2.75) is 6.92 Å². The lowest BCUT2D eigenvalue weighted by Crippen LogP contribution is -1.99. The van der Waals surface area contributed by atoms with E-state index in [0.29, 0.717) is 0 Å². The van der Waals surface area contributed by atoms with Crippen LogP contribution < -0.4 is 0 Å². The third-order valence-electron chi connectivity index (χ3n) is 1.83. The Morgan fingerprint density at radius 3 is 2.92 bits per heavy atom. The van der Waals surface area contributed by atoms with E-state index in [9.17, 15) is 0 Å². The molecule has 0 radical (unpaired) electrons. The van der Waals surface area contributed by atoms with Gasteiger partial charge in [-0.25, -0.2) is 4.68 Å². The molecule has 0 aliphatic heterocycles. The van der Waals surface area contributed by atoms with Gasteiger partial charge >= 0.3 is 0 Å². The third-order valence-corrected chi connectivity index (χ3v) is 3.00. The van der Waals surface area contributed by atoms with Crippen molar-refractivity contribution >= 4 is 22.6 Å². The Morgan fingerprint density at radius 1 is 1.38 bits per heavy atom. The predicted molar refractivity (Wildman–Crippen MR) is 56.6 cm³/mol. The van der Waals surface area contributed by atoms with Crippen molar-refractivity contribution in [3.63, 3.8) is 0 Å². The summed E-state index contributed by atoms with van der Waals surface area (Å²) in [5.41, 5.74) is 2.22. The molecule has 0 atom stereocenters. The molecule has 0 N–H and O–H groups in total. The highest BCUT2D eigenvalue weighted by molar-refractivity contribution is 14.1. The summed E-state index contributed by atoms with van der Waals surface area (Å²) in [7, 11) is 0. The van der Waals surface area contributed by atoms with E-state index in [1.54, 1.807) is 11.0 Å². The second-order valence-corrected chi connectivity index (χ2v) is 3.80. The summed E-state index contributed by atoms with van der Waals surface area (Å²) in [6.07, 6.45) is 1.60. The summed E-state index contributed by atoms with van der Waals surface area (Å²) in [5, 5.41) is 11.0. The molecule has 1 aromatic heterocycles. The van der Waals surface area contributed by atoms with Gasteiger partial charge < -0.3 is 0 Å². The van der Waals surface area contributed by atoms with E-state index in [0.717, 1.165) is 5.69 Å². The van der Waals surface area contributed by atoms with Gasteiger partial charge in [0.2, 0.25) is 0 Å². The minimum atomic E-state index is 1.02. The van der Waals surface area contributed by atoms with Crippen molar-refractivity contribution in [2.75, 3.05) is 0 Å². The first-order valence-electron chi connectivity index (χ1n) is 3.77. The first kappa shape index (κ1) is 8.61. The maximum atomic E-state index is 3.84. The van der Waals surface area contributed by atoms with Crippen LogP contribution in [0.1, 0.15) is 5.56 Å². The summed E-state index contributed by atoms with van der Waals surface area (Å²) in [4.78, 5) is 0. The summed E-state index contributed by atoms with van der Waals surface area (Å²) in [6, 6.07) is 6.05. The van der Waals surface area contributed by atoms with Crippen LogP contribution in [-0.2, 0) is 0 Å². The van der Waals surface area contributed by atoms with Crippen molar-refractivity contribution in [3.05, 3.63) is 33.7 Å². The molecule has 66 valence electrons. The summed E-state index contributed by atoms with van der Waals surface area (Å²) >= 11 is 2.29. The fourth-order valence-electron chi connectivity index (χ4n) is 1.12. The fraction of sp³-hybridized carbons (Fsp3) is 0.125. The van der Waals surface area contributed by atoms with Gasteiger partial charge in [0.15, 0.2) is 0 Å². The van der Waals surface area contributed by atoms with Crippen LogP contribution in [0.2, 0.25) is 0 Å². The fourth-order valence-corrected chi connectivity index (χ4v) is 1.60. The molecule has 1 aromatic carbocycles. The van der Waals surface area contributed by atoms with Gasteiger partial charge in [-0.15, -0.1) is 5.10 Å². The third kappa shape index (κ3) is 1.55. The second-order valence-electron chi connectivity index (χ2n) is 2.64. The van der Waals surface area contributed by atoms with Crippen LogP contribution in [0.15, 0.2) is 24.5 Å². The molecule has 0 fully saturated rings. The average molecular weight is 286 g/mol. The van der Waals surface area contributed by atoms with E-state index in [4.69, 9.17) is 0 Å². The molecule has 2 aromatic rings. The number of hydrogen-bond donors (Lipinski definition) is 0. The van der Waals surface area contributed by atoms with Crippen molar-refractivity contribution < 1.29 is 0 Å². The number of hydrogen-bond acceptors (Lipinski definition) is 3. The van der Waals surface area contributed by atoms with Crippen LogP contribution in [0.3, 0.4) is 0 Å². The lowest BCUT2D eigenvalue weighted by atomic mass is 10.2. The molecule has 0 aliphatic carbocycles. The molecule has 13 heavy (non-hydrogen) atoms. The number of aromatic nitrogens is 4. The van der Waals surface area contributed by atoms with Crippen molar-refractivity contribution in [1.29, 1.82) is 0 Å². The summed E-state index contributed by atoms with van der Waals surface area (Å²) in [6.45, 7) is 2.05. The van der Waals surface area contributed by atoms with Crippen LogP contribution in [-0.4, -0.2) is 20.2 Å². The monoisotopic (exact) mass is 286 g/mol. The SMILES string of the molecule is Cc1c(I)cccc1-n1cnnn1. The Hall–Kier alpha value is -0.980. The minimum Gasteiger partial charge on any atom is -0.200 e. The maximum Gasteiger partial charge on any atom is 0.143 e. The van der Waals surface area contributed by atoms with Gasteiger partial charge in [-0.3, -0.25) is 0 Å². The summed E-state index contributed by atoms with van der Waals surface area (Å²) < 4.78 is 2.88. The van der Waals surface area contributed by atoms with Crippen molar-refractivity contribution in [1.82, 2.24) is 20.2 Å². The standard InChI is InChI=1S/C8H7IN4/c1-6-7(9)3-2-4-8(6)13-5-10-11-12-13/h2-5H,1H3. The molecule has 0 saturated heterocycles. The molecular formula is C8H7IN4. The lowest BCUT2D eigenvalue weighted by molar-refractivity contribution is 0.784. The van der Waals surface area contributed by atoms with Crippen LogP contribution in [0, 0.1) is 10.5 Å². The Kier molecular flexibility index (Phi) is 2.26. The Bertz CT molecular complexity index is 410. The highest BCUT2D eigenvalue weighted by Gasteiger charge is 2.03. The normalized spacial score (nSPS) is 10.3. The van der Waals surface area contributed by atoms with E-state index < -0.39 is 0 Å². The quantitative estimate of drug-likeness (QED) is 0.747. The zero-order chi connectivity index (χ0) is 9.26. The lowest BCUT2D eigenvalue weighted by Gasteiger charge is -2.04. The van der Waals surface area contributed by atoms with Crippen molar-refractivity contribution in [3.8, 4) is 5.69 Å². The van der Waals surface area contributed by atoms with Crippen molar-refractivity contribution in [2.24, 2.45) is 0 Å². The zero-order valence-corrected chi connectivity index (χ0v) is 9.13. The van der Waals surface area contributed by atoms with Gasteiger partial charge in [-0.1, -0.05) is 6.07 Å². The Labute approximate surface area is 89.1 Å². The molecule has 2 rings (SSSR count). The minimum absolute atomic E-state index is 1.02. The van der Waals surface area contributed by atoms with E-state index >= 15 is 0 Å². The van der Waals surface area contributed by atoms with Gasteiger partial charge in [-0.05, 0) is 57.6 Å². The predicted octanol–water partition coefficient (Wildman–Crippen LogP) is 1.58. The molecule has 0 amide bonds. The molecular weight excluding hydrogens is 279 g/mol. The molecule has 1 heterocycles. The number of rotatable bonds is 1. The van der Waals surface area contributed by atoms with Gasteiger partial charge in [0.1, 0.15) is 6.33 Å². The maximum absolute atomic E-state index is 3.84. The van der Waals surface area contributed by atoms with Gasteiger partial charge in [0.05, 0.1) is 5.69 Å². The smallest absolute Gasteiger partial charge is 0.143 e. The number of nitrogens with zero attached hydrogens (tertiary/aromatic N) is 4. The average Bonchev–Trinajstić information content (AvgIpc) is 2.62. The number of tetrazole rings is 1. The Morgan fingerprint density at radius 2 is 2.23 bits per heavy atom. The van der Waals surface area contributed by atoms with Gasteiger partial charge in [0.25, 0.3) is 0 Å². The molecule has 0 aliphatic rings. The topological polar surface area (TPSA) is 43.6 Å². The molecule has 0 saturated carbocycles. The molecule has 5 heteroatoms. The van der Waals surface area contributed by atoms with E-state index in [1.807, 2.05) is 12.1 Å². The second kappa shape index (κ2) is 3.41. The first-order chi connectivity index (χ1) is 6.29. The zero-order valence-electron chi connectivity index (χ0n) is 6.98. The molecule has 0 bridgehead atoms. The van der Waals surface area contributed by atoms with E-state index in [2.05, 4.69) is 51.1 Å². The molecule has 4 nitrogen and oxygen atoms in total. The first-order valence-corrected chi connectivity index (χ1v) is 4.85. The highest BCUT2D eigenvalue weighted by Crippen LogP contribution is 2.17. The summed E-state index contributed by atoms with van der Waals surface area (Å²) in [5.74, 6) is 0. The van der Waals surface area contributed by atoms with E-state index in [1.165, 1.54) is 9.13 Å². The molecule has 0 unspecified atom stereocenters. The molecule has 0 spiro atoms. The van der Waals surface area contributed by atoms with Crippen LogP contribution >= 0.6 is 22.6 Å². The Balaban J connectivity index is 2.59. The van der Waals surface area contributed by atoms with Crippen LogP contribution in [0.25, 0.3) is 5.69 Å². The number of benzene rings is 1. The van der Waals surface area contributed by atoms with Gasteiger partial charge in [0, 0.05) is 3.57 Å². The van der Waals surface area contributed by atoms with Crippen LogP contribution in [0.4, 0.5) is 0 Å². The van der Waals surface area contributed by atoms with E-state index in [-0.39, 0.29) is 0 Å². The van der Waals surface area contributed by atoms with Crippen LogP contribution in [0.5, 0.6) is 0 Å². The van der Waals surface area contributed by atoms with Gasteiger partial charge in [-0.2, -0.15) is 0 Å². The number of halogens is 1.